The van der Waals surface area contributed by atoms with Gasteiger partial charge in [0.15, 0.2) is 5.78 Å². The van der Waals surface area contributed by atoms with Crippen LogP contribution in [0, 0.1) is 0 Å². The molecule has 0 unspecified atom stereocenters. The number of rotatable bonds is 6. The fourth-order valence-corrected chi connectivity index (χ4v) is 5.29. The van der Waals surface area contributed by atoms with Gasteiger partial charge in [-0.15, -0.1) is 0 Å². The minimum atomic E-state index is -3.91. The number of hydrogen-bond donors (Lipinski definition) is 0. The second-order valence-electron chi connectivity index (χ2n) is 6.58. The van der Waals surface area contributed by atoms with E-state index >= 15 is 0 Å². The molecule has 24 heavy (non-hydrogen) atoms. The van der Waals surface area contributed by atoms with Gasteiger partial charge in [-0.2, -0.15) is 12.7 Å². The van der Waals surface area contributed by atoms with Crippen LogP contribution in [0.5, 0.6) is 0 Å². The van der Waals surface area contributed by atoms with Crippen LogP contribution in [0.25, 0.3) is 6.08 Å². The normalized spacial score (nSPS) is 12.8. The fourth-order valence-electron chi connectivity index (χ4n) is 2.27. The van der Waals surface area contributed by atoms with Crippen LogP contribution < -0.4 is 5.19 Å². The summed E-state index contributed by atoms with van der Waals surface area (Å²) in [5, 5.41) is 0.636. The van der Waals surface area contributed by atoms with Crippen molar-refractivity contribution in [3.63, 3.8) is 0 Å². The van der Waals surface area contributed by atoms with E-state index in [1.807, 2.05) is 19.6 Å². The number of esters is 1. The van der Waals surface area contributed by atoms with Gasteiger partial charge in [0.05, 0.1) is 15.2 Å². The molecule has 0 atom stereocenters. The third kappa shape index (κ3) is 4.03. The van der Waals surface area contributed by atoms with E-state index < -0.39 is 24.3 Å². The van der Waals surface area contributed by atoms with Gasteiger partial charge in [0.2, 0.25) is 0 Å². The molecule has 0 saturated carbocycles. The van der Waals surface area contributed by atoms with Gasteiger partial charge >= 0.3 is 16.2 Å². The van der Waals surface area contributed by atoms with E-state index in [0.717, 1.165) is 8.28 Å². The highest BCUT2D eigenvalue weighted by molar-refractivity contribution is 7.87. The standard InChI is InChI=1S/C15H24N2O5SSi/c1-11(18)8-9-12-10-17(23(20,21)16(2)3)13(15(19)22-4)14(12)24(5,6)7/h8-10H,1-7H3/b9-8-. The van der Waals surface area contributed by atoms with Crippen molar-refractivity contribution in [2.45, 2.75) is 26.6 Å². The molecule has 1 heterocycles. The van der Waals surface area contributed by atoms with Crippen molar-refractivity contribution in [3.05, 3.63) is 23.5 Å². The number of nitrogens with zero attached hydrogens (tertiary/aromatic N) is 2. The smallest absolute Gasteiger partial charge is 0.355 e. The van der Waals surface area contributed by atoms with E-state index in [1.54, 1.807) is 6.08 Å². The van der Waals surface area contributed by atoms with Crippen LogP contribution in [0.3, 0.4) is 0 Å². The average Bonchev–Trinajstić information content (AvgIpc) is 2.84. The fraction of sp³-hybridized carbons (Fsp3) is 0.467. The molecule has 0 bridgehead atoms. The molecule has 0 aromatic carbocycles. The first-order valence-corrected chi connectivity index (χ1v) is 12.2. The maximum Gasteiger partial charge on any atom is 0.355 e. The highest BCUT2D eigenvalue weighted by Crippen LogP contribution is 2.19. The molecule has 0 saturated heterocycles. The minimum absolute atomic E-state index is 0.00595. The lowest BCUT2D eigenvalue weighted by Crippen LogP contribution is -2.43. The number of ketones is 1. The van der Waals surface area contributed by atoms with Crippen LogP contribution in [0.15, 0.2) is 12.3 Å². The largest absolute Gasteiger partial charge is 0.464 e. The van der Waals surface area contributed by atoms with Crippen molar-refractivity contribution in [2.75, 3.05) is 21.2 Å². The Hall–Kier alpha value is -1.71. The van der Waals surface area contributed by atoms with E-state index in [-0.39, 0.29) is 11.5 Å². The number of carbonyl (C=O) groups excluding carboxylic acids is 2. The van der Waals surface area contributed by atoms with Crippen LogP contribution >= 0.6 is 0 Å². The van der Waals surface area contributed by atoms with Crippen LogP contribution in [-0.2, 0) is 19.7 Å². The molecule has 9 heteroatoms. The van der Waals surface area contributed by atoms with Gasteiger partial charge in [0, 0.05) is 20.3 Å². The Morgan fingerprint density at radius 1 is 1.25 bits per heavy atom. The zero-order chi connectivity index (χ0) is 18.9. The first kappa shape index (κ1) is 20.3. The molecule has 0 amide bonds. The molecular formula is C15H24N2O5SSi. The molecule has 0 N–H and O–H groups in total. The Balaban J connectivity index is 3.92. The molecule has 0 aliphatic heterocycles. The van der Waals surface area contributed by atoms with Gasteiger partial charge in [-0.1, -0.05) is 19.6 Å². The Morgan fingerprint density at radius 3 is 2.17 bits per heavy atom. The van der Waals surface area contributed by atoms with Crippen LogP contribution in [0.1, 0.15) is 23.0 Å². The van der Waals surface area contributed by atoms with Gasteiger partial charge in [-0.25, -0.2) is 8.77 Å². The third-order valence-corrected chi connectivity index (χ3v) is 7.07. The van der Waals surface area contributed by atoms with Crippen LogP contribution in [0.2, 0.25) is 19.6 Å². The SMILES string of the molecule is COC(=O)c1c([Si](C)(C)C)c(/C=C\C(C)=O)cn1S(=O)(=O)N(C)C. The maximum absolute atomic E-state index is 12.6. The predicted molar refractivity (Wildman–Crippen MR) is 96.5 cm³/mol. The molecule has 0 aliphatic carbocycles. The Bertz CT molecular complexity index is 786. The predicted octanol–water partition coefficient (Wildman–Crippen LogP) is 1.08. The minimum Gasteiger partial charge on any atom is -0.464 e. The average molecular weight is 373 g/mol. The lowest BCUT2D eigenvalue weighted by atomic mass is 10.2. The Kier molecular flexibility index (Phi) is 5.96. The zero-order valence-corrected chi connectivity index (χ0v) is 16.9. The van der Waals surface area contributed by atoms with Crippen molar-refractivity contribution in [1.29, 1.82) is 0 Å². The van der Waals surface area contributed by atoms with Crippen LogP contribution in [0.4, 0.5) is 0 Å². The molecule has 1 aromatic heterocycles. The summed E-state index contributed by atoms with van der Waals surface area (Å²) in [4.78, 5) is 23.6. The lowest BCUT2D eigenvalue weighted by Gasteiger charge is -2.20. The van der Waals surface area contributed by atoms with E-state index in [2.05, 4.69) is 0 Å². The quantitative estimate of drug-likeness (QED) is 0.424. The molecule has 0 spiro atoms. The van der Waals surface area contributed by atoms with Crippen molar-refractivity contribution in [2.24, 2.45) is 0 Å². The molecule has 7 nitrogen and oxygen atoms in total. The van der Waals surface area contributed by atoms with Gasteiger partial charge in [0.1, 0.15) is 5.69 Å². The topological polar surface area (TPSA) is 85.7 Å². The molecule has 0 fully saturated rings. The molecule has 1 aromatic rings. The number of methoxy groups -OCH3 is 1. The van der Waals surface area contributed by atoms with Crippen molar-refractivity contribution in [1.82, 2.24) is 8.28 Å². The number of allylic oxidation sites excluding steroid dienone is 1. The van der Waals surface area contributed by atoms with Gasteiger partial charge in [-0.05, 0) is 29.8 Å². The second kappa shape index (κ2) is 7.04. The molecule has 0 radical (unpaired) electrons. The summed E-state index contributed by atoms with van der Waals surface area (Å²) in [7, 11) is -2.07. The van der Waals surface area contributed by atoms with Crippen molar-refractivity contribution in [3.8, 4) is 0 Å². The summed E-state index contributed by atoms with van der Waals surface area (Å²) < 4.78 is 32.0. The van der Waals surface area contributed by atoms with E-state index in [0.29, 0.717) is 10.8 Å². The molecule has 0 aliphatic rings. The first-order valence-electron chi connectivity index (χ1n) is 7.29. The van der Waals surface area contributed by atoms with Gasteiger partial charge in [-0.3, -0.25) is 4.79 Å². The highest BCUT2D eigenvalue weighted by atomic mass is 32.2. The second-order valence-corrected chi connectivity index (χ2v) is 13.6. The van der Waals surface area contributed by atoms with E-state index in [1.165, 1.54) is 40.4 Å². The molecular weight excluding hydrogens is 348 g/mol. The van der Waals surface area contributed by atoms with Gasteiger partial charge < -0.3 is 4.74 Å². The summed E-state index contributed by atoms with van der Waals surface area (Å²) in [5.41, 5.74) is 0.531. The lowest BCUT2D eigenvalue weighted by molar-refractivity contribution is -0.112. The summed E-state index contributed by atoms with van der Waals surface area (Å²) >= 11 is 0. The summed E-state index contributed by atoms with van der Waals surface area (Å²) in [6.45, 7) is 7.38. The number of carbonyl (C=O) groups is 2. The monoisotopic (exact) mass is 372 g/mol. The summed E-state index contributed by atoms with van der Waals surface area (Å²) in [5.74, 6) is -0.889. The summed E-state index contributed by atoms with van der Waals surface area (Å²) in [6.07, 6.45) is 4.27. The van der Waals surface area contributed by atoms with Crippen molar-refractivity contribution >= 4 is 41.3 Å². The third-order valence-electron chi connectivity index (χ3n) is 3.34. The number of hydrogen-bond acceptors (Lipinski definition) is 5. The van der Waals surface area contributed by atoms with Crippen LogP contribution in [-0.4, -0.2) is 57.7 Å². The number of ether oxygens (including phenoxy) is 1. The first-order chi connectivity index (χ1) is 10.8. The van der Waals surface area contributed by atoms with E-state index in [9.17, 15) is 18.0 Å². The van der Waals surface area contributed by atoms with Crippen molar-refractivity contribution < 1.29 is 22.7 Å². The number of aromatic nitrogens is 1. The van der Waals surface area contributed by atoms with E-state index in [4.69, 9.17) is 4.74 Å². The molecule has 1 rings (SSSR count). The maximum atomic E-state index is 12.6. The Morgan fingerprint density at radius 2 is 1.79 bits per heavy atom. The summed E-state index contributed by atoms with van der Waals surface area (Å²) in [6, 6.07) is 0. The Labute approximate surface area is 144 Å². The molecule has 134 valence electrons. The highest BCUT2D eigenvalue weighted by Gasteiger charge is 2.35. The zero-order valence-electron chi connectivity index (χ0n) is 15.1. The van der Waals surface area contributed by atoms with Gasteiger partial charge in [0.25, 0.3) is 0 Å².